The van der Waals surface area contributed by atoms with Gasteiger partial charge in [0.25, 0.3) is 5.56 Å². The molecule has 1 aliphatic heterocycles. The van der Waals surface area contributed by atoms with Gasteiger partial charge in [-0.25, -0.2) is 4.79 Å². The van der Waals surface area contributed by atoms with Crippen molar-refractivity contribution in [3.8, 4) is 0 Å². The maximum absolute atomic E-state index is 13.5. The molecular formula is C15H15F9N2O7. The predicted molar refractivity (Wildman–Crippen MR) is 84.9 cm³/mol. The second kappa shape index (κ2) is 8.90. The number of alkyl halides is 9. The van der Waals surface area contributed by atoms with Gasteiger partial charge in [0, 0.05) is 6.20 Å². The second-order valence-electron chi connectivity index (χ2n) is 6.89. The number of aromatic amines is 1. The Morgan fingerprint density at radius 3 is 2.06 bits per heavy atom. The highest BCUT2D eigenvalue weighted by Gasteiger charge is 2.81. The lowest BCUT2D eigenvalue weighted by Crippen LogP contribution is -2.62. The van der Waals surface area contributed by atoms with Crippen LogP contribution in [0, 0.1) is 0 Å². The molecule has 1 aromatic rings. The van der Waals surface area contributed by atoms with Gasteiger partial charge in [-0.3, -0.25) is 14.3 Å². The number of aliphatic hydroxyl groups excluding tert-OH is 3. The van der Waals surface area contributed by atoms with Crippen molar-refractivity contribution in [2.24, 2.45) is 0 Å². The first-order valence-corrected chi connectivity index (χ1v) is 8.63. The molecule has 2 rings (SSSR count). The van der Waals surface area contributed by atoms with E-state index in [1.807, 2.05) is 0 Å². The smallest absolute Gasteiger partial charge is 0.394 e. The number of nitrogens with zero attached hydrogens (tertiary/aromatic N) is 1. The van der Waals surface area contributed by atoms with Crippen LogP contribution in [0.5, 0.6) is 0 Å². The number of aliphatic hydroxyl groups is 3. The van der Waals surface area contributed by atoms with Crippen molar-refractivity contribution in [2.75, 3.05) is 13.2 Å². The average molecular weight is 506 g/mol. The molecule has 1 aliphatic rings. The van der Waals surface area contributed by atoms with Gasteiger partial charge < -0.3 is 24.8 Å². The van der Waals surface area contributed by atoms with Crippen LogP contribution in [0.1, 0.15) is 11.8 Å². The molecule has 0 radical (unpaired) electrons. The van der Waals surface area contributed by atoms with Gasteiger partial charge in [0.15, 0.2) is 6.23 Å². The van der Waals surface area contributed by atoms with Gasteiger partial charge in [-0.1, -0.05) is 0 Å². The van der Waals surface area contributed by atoms with Crippen molar-refractivity contribution < 1.29 is 64.3 Å². The van der Waals surface area contributed by atoms with Crippen molar-refractivity contribution >= 4 is 0 Å². The van der Waals surface area contributed by atoms with Crippen LogP contribution in [-0.4, -0.2) is 80.3 Å². The SMILES string of the molecule is O=c1[nH]c(=O)n(C2OC(CO)C(O)C2O)cc1COCC(F)(F)C(F)(F)C(F)(F)C(F)(F)F. The van der Waals surface area contributed by atoms with Gasteiger partial charge in [-0.15, -0.1) is 0 Å². The fourth-order valence-corrected chi connectivity index (χ4v) is 2.72. The van der Waals surface area contributed by atoms with Crippen LogP contribution in [0.25, 0.3) is 0 Å². The minimum atomic E-state index is -7.11. The van der Waals surface area contributed by atoms with Crippen molar-refractivity contribution in [1.29, 1.82) is 0 Å². The van der Waals surface area contributed by atoms with E-state index < -0.39 is 85.1 Å². The lowest BCUT2D eigenvalue weighted by atomic mass is 10.0. The fourth-order valence-electron chi connectivity index (χ4n) is 2.72. The lowest BCUT2D eigenvalue weighted by Gasteiger charge is -2.33. The van der Waals surface area contributed by atoms with Crippen LogP contribution < -0.4 is 11.2 Å². The highest BCUT2D eigenvalue weighted by atomic mass is 19.4. The van der Waals surface area contributed by atoms with Crippen LogP contribution in [-0.2, 0) is 16.1 Å². The zero-order valence-electron chi connectivity index (χ0n) is 15.8. The molecule has 0 amide bonds. The number of aromatic nitrogens is 2. The quantitative estimate of drug-likeness (QED) is 0.369. The summed E-state index contributed by atoms with van der Waals surface area (Å²) in [6.07, 6.45) is -13.1. The molecule has 0 bridgehead atoms. The zero-order valence-corrected chi connectivity index (χ0v) is 15.8. The standard InChI is InChI=1S/C15H15F9N2O7/c16-12(17,13(18,19)14(20,21)15(22,23)24)4-32-3-5-1-26(11(31)25-9(5)30)10-8(29)7(28)6(2-27)33-10/h1,6-8,10,27-29H,2-4H2,(H,25,30,31). The van der Waals surface area contributed by atoms with Crippen molar-refractivity contribution in [2.45, 2.75) is 55.1 Å². The van der Waals surface area contributed by atoms with Gasteiger partial charge in [0.1, 0.15) is 24.9 Å². The summed E-state index contributed by atoms with van der Waals surface area (Å²) >= 11 is 0. The molecule has 18 heteroatoms. The Morgan fingerprint density at radius 1 is 1.00 bits per heavy atom. The number of hydrogen-bond acceptors (Lipinski definition) is 7. The number of rotatable bonds is 8. The Balaban J connectivity index is 2.22. The highest BCUT2D eigenvalue weighted by Crippen LogP contribution is 2.53. The maximum atomic E-state index is 13.5. The van der Waals surface area contributed by atoms with E-state index in [2.05, 4.69) is 4.74 Å². The third kappa shape index (κ3) is 4.75. The van der Waals surface area contributed by atoms with Crippen LogP contribution in [0.3, 0.4) is 0 Å². The number of halogens is 9. The molecule has 0 aliphatic carbocycles. The van der Waals surface area contributed by atoms with Gasteiger partial charge in [0.05, 0.1) is 18.8 Å². The van der Waals surface area contributed by atoms with Gasteiger partial charge in [-0.2, -0.15) is 39.5 Å². The number of hydrogen-bond donors (Lipinski definition) is 4. The summed E-state index contributed by atoms with van der Waals surface area (Å²) in [4.78, 5) is 25.3. The third-order valence-electron chi connectivity index (χ3n) is 4.58. The van der Waals surface area contributed by atoms with Gasteiger partial charge in [-0.05, 0) is 0 Å². The van der Waals surface area contributed by atoms with Crippen molar-refractivity contribution in [3.63, 3.8) is 0 Å². The first kappa shape index (κ1) is 27.1. The minimum absolute atomic E-state index is 0.411. The molecule has 0 aromatic carbocycles. The minimum Gasteiger partial charge on any atom is -0.394 e. The molecule has 4 unspecified atom stereocenters. The first-order valence-electron chi connectivity index (χ1n) is 8.63. The third-order valence-corrected chi connectivity index (χ3v) is 4.58. The van der Waals surface area contributed by atoms with E-state index in [0.717, 1.165) is 0 Å². The summed E-state index contributed by atoms with van der Waals surface area (Å²) in [5, 5.41) is 28.6. The molecule has 190 valence electrons. The van der Waals surface area contributed by atoms with E-state index in [9.17, 15) is 59.3 Å². The first-order chi connectivity index (χ1) is 14.9. The Morgan fingerprint density at radius 2 is 1.58 bits per heavy atom. The summed E-state index contributed by atoms with van der Waals surface area (Å²) in [7, 11) is 0. The van der Waals surface area contributed by atoms with E-state index in [0.29, 0.717) is 10.8 Å². The van der Waals surface area contributed by atoms with Gasteiger partial charge in [0.2, 0.25) is 0 Å². The Bertz CT molecular complexity index is 962. The summed E-state index contributed by atoms with van der Waals surface area (Å²) < 4.78 is 125. The number of nitrogens with one attached hydrogen (secondary N) is 1. The number of H-pyrrole nitrogens is 1. The number of ether oxygens (including phenoxy) is 2. The molecule has 0 saturated carbocycles. The van der Waals surface area contributed by atoms with Crippen LogP contribution in [0.15, 0.2) is 15.8 Å². The largest absolute Gasteiger partial charge is 0.460 e. The van der Waals surface area contributed by atoms with E-state index in [1.165, 1.54) is 0 Å². The molecule has 1 fully saturated rings. The zero-order chi connectivity index (χ0) is 25.6. The van der Waals surface area contributed by atoms with E-state index in [1.54, 1.807) is 4.98 Å². The topological polar surface area (TPSA) is 134 Å². The van der Waals surface area contributed by atoms with Crippen LogP contribution in [0.4, 0.5) is 39.5 Å². The van der Waals surface area contributed by atoms with Crippen molar-refractivity contribution in [3.05, 3.63) is 32.6 Å². The normalized spacial score (nSPS) is 25.0. The fraction of sp³-hybridized carbons (Fsp3) is 0.733. The Hall–Kier alpha value is -2.15. The molecule has 4 atom stereocenters. The average Bonchev–Trinajstić information content (AvgIpc) is 2.96. The molecule has 9 nitrogen and oxygen atoms in total. The predicted octanol–water partition coefficient (Wildman–Crippen LogP) is 0.133. The molecule has 1 aromatic heterocycles. The van der Waals surface area contributed by atoms with Crippen LogP contribution >= 0.6 is 0 Å². The summed E-state index contributed by atoms with van der Waals surface area (Å²) in [6.45, 7) is -4.87. The molecule has 1 saturated heterocycles. The summed E-state index contributed by atoms with van der Waals surface area (Å²) in [5.41, 5.74) is -3.42. The molecule has 33 heavy (non-hydrogen) atoms. The Kier molecular flexibility index (Phi) is 7.30. The molecule has 4 N–H and O–H groups in total. The van der Waals surface area contributed by atoms with Crippen molar-refractivity contribution in [1.82, 2.24) is 9.55 Å². The van der Waals surface area contributed by atoms with Gasteiger partial charge >= 0.3 is 29.6 Å². The monoisotopic (exact) mass is 506 g/mol. The molecule has 0 spiro atoms. The molecular weight excluding hydrogens is 491 g/mol. The molecule has 2 heterocycles. The summed E-state index contributed by atoms with van der Waals surface area (Å²) in [5.74, 6) is -20.1. The maximum Gasteiger partial charge on any atom is 0.460 e. The Labute approximate surface area is 176 Å². The van der Waals surface area contributed by atoms with E-state index in [-0.39, 0.29) is 0 Å². The summed E-state index contributed by atoms with van der Waals surface area (Å²) in [6, 6.07) is 0. The lowest BCUT2D eigenvalue weighted by molar-refractivity contribution is -0.400. The van der Waals surface area contributed by atoms with E-state index in [4.69, 9.17) is 9.84 Å². The highest BCUT2D eigenvalue weighted by molar-refractivity contribution is 5.06. The van der Waals surface area contributed by atoms with E-state index >= 15 is 0 Å². The second-order valence-corrected chi connectivity index (χ2v) is 6.89. The van der Waals surface area contributed by atoms with Crippen LogP contribution in [0.2, 0.25) is 0 Å².